The Morgan fingerprint density at radius 2 is 1.93 bits per heavy atom. The topological polar surface area (TPSA) is 67.9 Å². The summed E-state index contributed by atoms with van der Waals surface area (Å²) in [5, 5.41) is 3.42. The van der Waals surface area contributed by atoms with Crippen molar-refractivity contribution in [1.82, 2.24) is 5.32 Å². The van der Waals surface area contributed by atoms with Gasteiger partial charge in [-0.1, -0.05) is 17.7 Å². The minimum absolute atomic E-state index is 0.0154. The number of carbonyl (C=O) groups is 2. The molecule has 6 nitrogen and oxygen atoms in total. The maximum absolute atomic E-state index is 12.7. The summed E-state index contributed by atoms with van der Waals surface area (Å²) in [6.07, 6.45) is 1.91. The smallest absolute Gasteiger partial charge is 0.253 e. The summed E-state index contributed by atoms with van der Waals surface area (Å²) >= 11 is 6.09. The van der Waals surface area contributed by atoms with Gasteiger partial charge in [-0.2, -0.15) is 0 Å². The lowest BCUT2D eigenvalue weighted by molar-refractivity contribution is -0.117. The summed E-state index contributed by atoms with van der Waals surface area (Å²) in [6.45, 7) is 1.05. The predicted octanol–water partition coefficient (Wildman–Crippen LogP) is 3.46. The van der Waals surface area contributed by atoms with Crippen molar-refractivity contribution in [2.45, 2.75) is 19.3 Å². The first kappa shape index (κ1) is 20.0. The minimum atomic E-state index is -0.230. The standard InChI is InChI=1S/C21H23ClN2O4/c1-27-18-8-5-14(12-19(18)28-2)9-10-23-21(26)16-7-6-15(22)13-17(16)24-11-3-4-20(24)25/h5-8,12-13H,3-4,9-11H2,1-2H3,(H,23,26). The molecule has 0 spiro atoms. The van der Waals surface area contributed by atoms with Crippen LogP contribution in [0.2, 0.25) is 5.02 Å². The minimum Gasteiger partial charge on any atom is -0.493 e. The second-order valence-electron chi connectivity index (χ2n) is 6.51. The van der Waals surface area contributed by atoms with Crippen LogP contribution in [-0.2, 0) is 11.2 Å². The second-order valence-corrected chi connectivity index (χ2v) is 6.94. The van der Waals surface area contributed by atoms with Gasteiger partial charge in [-0.25, -0.2) is 0 Å². The third-order valence-corrected chi connectivity index (χ3v) is 4.95. The van der Waals surface area contributed by atoms with E-state index >= 15 is 0 Å². The van der Waals surface area contributed by atoms with Gasteiger partial charge in [0.2, 0.25) is 5.91 Å². The van der Waals surface area contributed by atoms with E-state index < -0.39 is 0 Å². The van der Waals surface area contributed by atoms with Crippen molar-refractivity contribution >= 4 is 29.1 Å². The molecule has 28 heavy (non-hydrogen) atoms. The normalized spacial score (nSPS) is 13.5. The van der Waals surface area contributed by atoms with Gasteiger partial charge in [0.15, 0.2) is 11.5 Å². The highest BCUT2D eigenvalue weighted by Crippen LogP contribution is 2.29. The van der Waals surface area contributed by atoms with Gasteiger partial charge in [-0.15, -0.1) is 0 Å². The van der Waals surface area contributed by atoms with Crippen molar-refractivity contribution in [1.29, 1.82) is 0 Å². The predicted molar refractivity (Wildman–Crippen MR) is 109 cm³/mol. The highest BCUT2D eigenvalue weighted by atomic mass is 35.5. The number of benzene rings is 2. The van der Waals surface area contributed by atoms with E-state index in [1.54, 1.807) is 37.3 Å². The molecule has 2 amide bonds. The quantitative estimate of drug-likeness (QED) is 0.770. The van der Waals surface area contributed by atoms with Gasteiger partial charge in [0.05, 0.1) is 25.5 Å². The van der Waals surface area contributed by atoms with Crippen molar-refractivity contribution in [3.8, 4) is 11.5 Å². The van der Waals surface area contributed by atoms with Gasteiger partial charge >= 0.3 is 0 Å². The molecule has 3 rings (SSSR count). The van der Waals surface area contributed by atoms with E-state index in [9.17, 15) is 9.59 Å². The third kappa shape index (κ3) is 4.39. The molecule has 2 aromatic carbocycles. The molecule has 0 radical (unpaired) electrons. The van der Waals surface area contributed by atoms with Crippen LogP contribution in [0.3, 0.4) is 0 Å². The first-order valence-corrected chi connectivity index (χ1v) is 9.50. The van der Waals surface area contributed by atoms with Gasteiger partial charge in [-0.05, 0) is 48.7 Å². The van der Waals surface area contributed by atoms with Crippen LogP contribution in [0.25, 0.3) is 0 Å². The molecule has 1 saturated heterocycles. The average Bonchev–Trinajstić information content (AvgIpc) is 3.13. The van der Waals surface area contributed by atoms with Crippen LogP contribution in [0.4, 0.5) is 5.69 Å². The van der Waals surface area contributed by atoms with Crippen LogP contribution < -0.4 is 19.7 Å². The van der Waals surface area contributed by atoms with E-state index in [2.05, 4.69) is 5.32 Å². The van der Waals surface area contributed by atoms with Crippen LogP contribution in [0.15, 0.2) is 36.4 Å². The van der Waals surface area contributed by atoms with E-state index in [4.69, 9.17) is 21.1 Å². The molecular formula is C21H23ClN2O4. The van der Waals surface area contributed by atoms with E-state index in [0.29, 0.717) is 53.7 Å². The van der Waals surface area contributed by atoms with Gasteiger partial charge < -0.3 is 19.7 Å². The summed E-state index contributed by atoms with van der Waals surface area (Å²) in [6, 6.07) is 10.7. The fraction of sp³-hybridized carbons (Fsp3) is 0.333. The number of rotatable bonds is 7. The Hall–Kier alpha value is -2.73. The first-order chi connectivity index (χ1) is 13.5. The molecule has 2 aromatic rings. The molecule has 0 aliphatic carbocycles. The number of hydrogen-bond acceptors (Lipinski definition) is 4. The lowest BCUT2D eigenvalue weighted by Crippen LogP contribution is -2.30. The zero-order valence-electron chi connectivity index (χ0n) is 16.0. The van der Waals surface area contributed by atoms with E-state index in [1.165, 1.54) is 0 Å². The van der Waals surface area contributed by atoms with Crippen molar-refractivity contribution < 1.29 is 19.1 Å². The zero-order chi connectivity index (χ0) is 20.1. The van der Waals surface area contributed by atoms with Crippen molar-refractivity contribution in [2.24, 2.45) is 0 Å². The second kappa shape index (κ2) is 8.97. The Balaban J connectivity index is 1.68. The van der Waals surface area contributed by atoms with Gasteiger partial charge in [-0.3, -0.25) is 9.59 Å². The number of hydrogen-bond donors (Lipinski definition) is 1. The number of carbonyl (C=O) groups excluding carboxylic acids is 2. The van der Waals surface area contributed by atoms with Crippen LogP contribution in [-0.4, -0.2) is 39.1 Å². The molecule has 0 unspecified atom stereocenters. The Bertz CT molecular complexity index is 885. The van der Waals surface area contributed by atoms with E-state index in [-0.39, 0.29) is 11.8 Å². The van der Waals surface area contributed by atoms with Crippen LogP contribution in [0.5, 0.6) is 11.5 Å². The van der Waals surface area contributed by atoms with E-state index in [1.807, 2.05) is 18.2 Å². The summed E-state index contributed by atoms with van der Waals surface area (Å²) in [7, 11) is 3.18. The average molecular weight is 403 g/mol. The molecule has 0 atom stereocenters. The number of amides is 2. The molecule has 1 aliphatic heterocycles. The Kier molecular flexibility index (Phi) is 6.41. The van der Waals surface area contributed by atoms with Crippen LogP contribution >= 0.6 is 11.6 Å². The third-order valence-electron chi connectivity index (χ3n) is 4.72. The highest BCUT2D eigenvalue weighted by molar-refractivity contribution is 6.31. The monoisotopic (exact) mass is 402 g/mol. The maximum atomic E-state index is 12.7. The fourth-order valence-electron chi connectivity index (χ4n) is 3.27. The van der Waals surface area contributed by atoms with Gasteiger partial charge in [0, 0.05) is 24.5 Å². The molecule has 0 saturated carbocycles. The first-order valence-electron chi connectivity index (χ1n) is 9.12. The van der Waals surface area contributed by atoms with Crippen LogP contribution in [0.1, 0.15) is 28.8 Å². The molecular weight excluding hydrogens is 380 g/mol. The maximum Gasteiger partial charge on any atom is 0.253 e. The number of nitrogens with zero attached hydrogens (tertiary/aromatic N) is 1. The van der Waals surface area contributed by atoms with Crippen molar-refractivity contribution in [3.63, 3.8) is 0 Å². The van der Waals surface area contributed by atoms with Crippen molar-refractivity contribution in [3.05, 3.63) is 52.5 Å². The molecule has 1 fully saturated rings. The van der Waals surface area contributed by atoms with Gasteiger partial charge in [0.1, 0.15) is 0 Å². The summed E-state index contributed by atoms with van der Waals surface area (Å²) in [4.78, 5) is 26.5. The molecule has 148 valence electrons. The molecule has 0 bridgehead atoms. The number of halogens is 1. The SMILES string of the molecule is COc1ccc(CCNC(=O)c2ccc(Cl)cc2N2CCCC2=O)cc1OC. The summed E-state index contributed by atoms with van der Waals surface area (Å²) in [5.74, 6) is 1.10. The largest absolute Gasteiger partial charge is 0.493 e. The van der Waals surface area contributed by atoms with Gasteiger partial charge in [0.25, 0.3) is 5.91 Å². The number of anilines is 1. The molecule has 1 aliphatic rings. The number of nitrogens with one attached hydrogen (secondary N) is 1. The lowest BCUT2D eigenvalue weighted by Gasteiger charge is -2.20. The Morgan fingerprint density at radius 3 is 2.61 bits per heavy atom. The summed E-state index contributed by atoms with van der Waals surface area (Å²) < 4.78 is 10.5. The highest BCUT2D eigenvalue weighted by Gasteiger charge is 2.26. The number of methoxy groups -OCH3 is 2. The molecule has 1 N–H and O–H groups in total. The lowest BCUT2D eigenvalue weighted by atomic mass is 10.1. The van der Waals surface area contributed by atoms with Crippen molar-refractivity contribution in [2.75, 3.05) is 32.2 Å². The van der Waals surface area contributed by atoms with E-state index in [0.717, 1.165) is 12.0 Å². The zero-order valence-corrected chi connectivity index (χ0v) is 16.7. The Labute approximate surface area is 169 Å². The Morgan fingerprint density at radius 1 is 1.14 bits per heavy atom. The summed E-state index contributed by atoms with van der Waals surface area (Å²) in [5.41, 5.74) is 2.04. The fourth-order valence-corrected chi connectivity index (χ4v) is 3.44. The van der Waals surface area contributed by atoms with Crippen LogP contribution in [0, 0.1) is 0 Å². The number of ether oxygens (including phenoxy) is 2. The molecule has 1 heterocycles. The molecule has 0 aromatic heterocycles. The molecule has 7 heteroatoms.